The first kappa shape index (κ1) is 23.9. The van der Waals surface area contributed by atoms with E-state index < -0.39 is 0 Å². The summed E-state index contributed by atoms with van der Waals surface area (Å²) in [6.45, 7) is 0. The Bertz CT molecular complexity index is 2490. The van der Waals surface area contributed by atoms with Crippen molar-refractivity contribution in [3.8, 4) is 33.6 Å². The summed E-state index contributed by atoms with van der Waals surface area (Å²) >= 11 is 0. The minimum absolute atomic E-state index is 0.864. The number of benzene rings is 6. The topological polar surface area (TPSA) is 38.9 Å². The zero-order chi connectivity index (χ0) is 28.3. The van der Waals surface area contributed by atoms with Gasteiger partial charge in [-0.25, -0.2) is 9.97 Å². The van der Waals surface area contributed by atoms with Gasteiger partial charge in [-0.05, 0) is 35.9 Å². The van der Waals surface area contributed by atoms with E-state index in [4.69, 9.17) is 14.4 Å². The van der Waals surface area contributed by atoms with E-state index in [1.165, 1.54) is 10.9 Å². The molecule has 0 saturated carbocycles. The molecule has 0 aliphatic carbocycles. The summed E-state index contributed by atoms with van der Waals surface area (Å²) in [7, 11) is 0. The van der Waals surface area contributed by atoms with Gasteiger partial charge < -0.3 is 4.42 Å². The maximum absolute atomic E-state index is 6.50. The van der Waals surface area contributed by atoms with Gasteiger partial charge in [-0.1, -0.05) is 115 Å². The summed E-state index contributed by atoms with van der Waals surface area (Å²) in [6.07, 6.45) is 0. The highest BCUT2D eigenvalue weighted by Gasteiger charge is 2.21. The van der Waals surface area contributed by atoms with E-state index in [2.05, 4.69) is 121 Å². The van der Waals surface area contributed by atoms with Gasteiger partial charge in [-0.15, -0.1) is 0 Å². The van der Waals surface area contributed by atoms with Crippen molar-refractivity contribution >= 4 is 54.5 Å². The second-order valence-corrected chi connectivity index (χ2v) is 11.0. The predicted molar refractivity (Wildman–Crippen MR) is 178 cm³/mol. The second kappa shape index (κ2) is 9.37. The lowest BCUT2D eigenvalue weighted by molar-refractivity contribution is 0.669. The summed E-state index contributed by atoms with van der Waals surface area (Å²) in [5.41, 5.74) is 10.1. The standard InChI is InChI=1S/C40H24N2O/c1-2-11-27(12-3-1)37-38-29-13-5-8-16-34(29)42-40(31(38)24-36-39(37)30-14-6-9-17-35(30)43-36)28-20-18-26(19-21-28)33-23-22-25-10-4-7-15-32(25)41-33/h1-24H. The fourth-order valence-corrected chi connectivity index (χ4v) is 6.46. The lowest BCUT2D eigenvalue weighted by atomic mass is 9.89. The Kier molecular flexibility index (Phi) is 5.20. The normalized spacial score (nSPS) is 11.7. The number of pyridine rings is 2. The quantitative estimate of drug-likeness (QED) is 0.206. The van der Waals surface area contributed by atoms with Crippen LogP contribution in [-0.4, -0.2) is 9.97 Å². The molecule has 0 N–H and O–H groups in total. The van der Waals surface area contributed by atoms with Crippen molar-refractivity contribution in [1.29, 1.82) is 0 Å². The van der Waals surface area contributed by atoms with E-state index in [9.17, 15) is 0 Å². The van der Waals surface area contributed by atoms with E-state index in [1.807, 2.05) is 24.3 Å². The molecule has 43 heavy (non-hydrogen) atoms. The number of rotatable bonds is 3. The molecule has 3 heterocycles. The molecule has 0 aliphatic rings. The van der Waals surface area contributed by atoms with Crippen LogP contribution >= 0.6 is 0 Å². The van der Waals surface area contributed by atoms with E-state index in [0.29, 0.717) is 0 Å². The van der Waals surface area contributed by atoms with Crippen LogP contribution in [0.2, 0.25) is 0 Å². The van der Waals surface area contributed by atoms with E-state index in [0.717, 1.165) is 77.2 Å². The van der Waals surface area contributed by atoms with Crippen molar-refractivity contribution in [2.24, 2.45) is 0 Å². The monoisotopic (exact) mass is 548 g/mol. The Morgan fingerprint density at radius 2 is 1.12 bits per heavy atom. The molecule has 9 rings (SSSR count). The van der Waals surface area contributed by atoms with Gasteiger partial charge in [-0.3, -0.25) is 0 Å². The summed E-state index contributed by atoms with van der Waals surface area (Å²) < 4.78 is 6.50. The number of hydrogen-bond donors (Lipinski definition) is 0. The van der Waals surface area contributed by atoms with E-state index in [-0.39, 0.29) is 0 Å². The highest BCUT2D eigenvalue weighted by molar-refractivity contribution is 6.27. The molecule has 0 bridgehead atoms. The molecule has 9 aromatic rings. The molecule has 6 aromatic carbocycles. The molecule has 3 heteroatoms. The van der Waals surface area contributed by atoms with Crippen LogP contribution in [0.25, 0.3) is 88.2 Å². The molecule has 0 aliphatic heterocycles. The summed E-state index contributed by atoms with van der Waals surface area (Å²) in [6, 6.07) is 50.7. The molecule has 0 spiro atoms. The average molecular weight is 549 g/mol. The minimum atomic E-state index is 0.864. The molecular weight excluding hydrogens is 524 g/mol. The van der Waals surface area contributed by atoms with E-state index >= 15 is 0 Å². The molecule has 0 amide bonds. The minimum Gasteiger partial charge on any atom is -0.456 e. The average Bonchev–Trinajstić information content (AvgIpc) is 3.45. The van der Waals surface area contributed by atoms with Gasteiger partial charge in [0.2, 0.25) is 0 Å². The second-order valence-electron chi connectivity index (χ2n) is 11.0. The molecule has 0 saturated heterocycles. The lowest BCUT2D eigenvalue weighted by Crippen LogP contribution is -1.93. The van der Waals surface area contributed by atoms with Crippen molar-refractivity contribution < 1.29 is 4.42 Å². The number of furan rings is 1. The third-order valence-corrected chi connectivity index (χ3v) is 8.44. The molecule has 0 unspecified atom stereocenters. The van der Waals surface area contributed by atoms with Crippen LogP contribution in [0.15, 0.2) is 150 Å². The van der Waals surface area contributed by atoms with Crippen molar-refractivity contribution in [1.82, 2.24) is 9.97 Å². The summed E-state index contributed by atoms with van der Waals surface area (Å²) in [4.78, 5) is 10.2. The van der Waals surface area contributed by atoms with Gasteiger partial charge >= 0.3 is 0 Å². The van der Waals surface area contributed by atoms with Crippen molar-refractivity contribution in [2.75, 3.05) is 0 Å². The van der Waals surface area contributed by atoms with Crippen molar-refractivity contribution in [3.05, 3.63) is 146 Å². The molecule has 3 aromatic heterocycles. The Hall–Kier alpha value is -5.80. The number of aromatic nitrogens is 2. The summed E-state index contributed by atoms with van der Waals surface area (Å²) in [5, 5.41) is 6.78. The SMILES string of the molecule is c1ccc(-c2c3c(cc4c(-c5ccc(-c6ccc7ccccc7n6)cc5)nc5ccccc5c24)oc2ccccc23)cc1. The molecule has 0 radical (unpaired) electrons. The maximum Gasteiger partial charge on any atom is 0.136 e. The van der Waals surface area contributed by atoms with Gasteiger partial charge in [0.15, 0.2) is 0 Å². The number of nitrogens with zero attached hydrogens (tertiary/aromatic N) is 2. The Labute approximate surface area is 247 Å². The first-order valence-corrected chi connectivity index (χ1v) is 14.5. The number of fused-ring (bicyclic) bond motifs is 7. The fraction of sp³-hybridized carbons (Fsp3) is 0. The maximum atomic E-state index is 6.50. The fourth-order valence-electron chi connectivity index (χ4n) is 6.46. The zero-order valence-electron chi connectivity index (χ0n) is 23.2. The highest BCUT2D eigenvalue weighted by atomic mass is 16.3. The van der Waals surface area contributed by atoms with Crippen LogP contribution in [0.1, 0.15) is 0 Å². The van der Waals surface area contributed by atoms with Crippen LogP contribution in [0, 0.1) is 0 Å². The zero-order valence-corrected chi connectivity index (χ0v) is 23.2. The molecule has 3 nitrogen and oxygen atoms in total. The smallest absolute Gasteiger partial charge is 0.136 e. The molecular formula is C40H24N2O. The van der Waals surface area contributed by atoms with Crippen LogP contribution in [0.5, 0.6) is 0 Å². The van der Waals surface area contributed by atoms with Crippen molar-refractivity contribution in [3.63, 3.8) is 0 Å². The molecule has 0 atom stereocenters. The number of hydrogen-bond acceptors (Lipinski definition) is 3. The van der Waals surface area contributed by atoms with Gasteiger partial charge in [0, 0.05) is 49.0 Å². The van der Waals surface area contributed by atoms with Crippen molar-refractivity contribution in [2.45, 2.75) is 0 Å². The third kappa shape index (κ3) is 3.75. The predicted octanol–water partition coefficient (Wildman–Crippen LogP) is 10.8. The first-order chi connectivity index (χ1) is 21.3. The Balaban J connectivity index is 1.34. The van der Waals surface area contributed by atoms with Crippen LogP contribution in [0.3, 0.4) is 0 Å². The van der Waals surface area contributed by atoms with Gasteiger partial charge in [0.1, 0.15) is 11.2 Å². The lowest BCUT2D eigenvalue weighted by Gasteiger charge is -2.16. The van der Waals surface area contributed by atoms with Crippen LogP contribution in [-0.2, 0) is 0 Å². The van der Waals surface area contributed by atoms with Crippen LogP contribution < -0.4 is 0 Å². The van der Waals surface area contributed by atoms with E-state index in [1.54, 1.807) is 0 Å². The van der Waals surface area contributed by atoms with Gasteiger partial charge in [0.05, 0.1) is 22.4 Å². The highest BCUT2D eigenvalue weighted by Crippen LogP contribution is 2.46. The number of para-hydroxylation sites is 3. The van der Waals surface area contributed by atoms with Crippen LogP contribution in [0.4, 0.5) is 0 Å². The molecule has 0 fully saturated rings. The van der Waals surface area contributed by atoms with Gasteiger partial charge in [-0.2, -0.15) is 0 Å². The summed E-state index contributed by atoms with van der Waals surface area (Å²) in [5.74, 6) is 0. The third-order valence-electron chi connectivity index (χ3n) is 8.44. The Morgan fingerprint density at radius 1 is 0.419 bits per heavy atom. The molecule has 200 valence electrons. The largest absolute Gasteiger partial charge is 0.456 e. The van der Waals surface area contributed by atoms with Gasteiger partial charge in [0.25, 0.3) is 0 Å². The first-order valence-electron chi connectivity index (χ1n) is 14.5. The Morgan fingerprint density at radius 3 is 1.98 bits per heavy atom.